The molecule has 0 N–H and O–H groups in total. The molecule has 118 valence electrons. The number of rotatable bonds is 5. The van der Waals surface area contributed by atoms with Gasteiger partial charge in [0.1, 0.15) is 15.8 Å². The zero-order chi connectivity index (χ0) is 16.4. The van der Waals surface area contributed by atoms with Crippen LogP contribution in [-0.4, -0.2) is 27.1 Å². The number of nitrogens with zero attached hydrogens (tertiary/aromatic N) is 1. The van der Waals surface area contributed by atoms with Crippen molar-refractivity contribution in [1.82, 2.24) is 4.90 Å². The fraction of sp³-hybridized carbons (Fsp3) is 0.400. The highest BCUT2D eigenvalue weighted by molar-refractivity contribution is 8.26. The van der Waals surface area contributed by atoms with Crippen molar-refractivity contribution >= 4 is 46.3 Å². The van der Waals surface area contributed by atoms with Gasteiger partial charge in [-0.1, -0.05) is 44.2 Å². The highest BCUT2D eigenvalue weighted by Crippen LogP contribution is 2.35. The van der Waals surface area contributed by atoms with Gasteiger partial charge in [0.2, 0.25) is 0 Å². The Bertz CT molecular complexity index is 650. The molecule has 0 aliphatic carbocycles. The van der Waals surface area contributed by atoms with Crippen molar-refractivity contribution < 1.29 is 19.1 Å². The third kappa shape index (κ3) is 3.25. The van der Waals surface area contributed by atoms with Gasteiger partial charge in [0, 0.05) is 6.08 Å². The molecule has 1 aliphatic rings. The van der Waals surface area contributed by atoms with Crippen LogP contribution < -0.4 is 5.11 Å². The second-order valence-corrected chi connectivity index (χ2v) is 6.83. The maximum Gasteiger partial charge on any atom is 0.266 e. The summed E-state index contributed by atoms with van der Waals surface area (Å²) in [5, 5.41) is 11.4. The quantitative estimate of drug-likeness (QED) is 0.603. The summed E-state index contributed by atoms with van der Waals surface area (Å²) in [4.78, 5) is 25.4. The SMILES string of the molecule is CC[C@@H](C)[C@H](C(=O)[O-])N1C(=O)/C(=C\c2ccc(C)o2)SC1=S. The van der Waals surface area contributed by atoms with Gasteiger partial charge in [-0.2, -0.15) is 0 Å². The zero-order valence-corrected chi connectivity index (χ0v) is 14.1. The van der Waals surface area contributed by atoms with Crippen LogP contribution in [0.25, 0.3) is 6.08 Å². The van der Waals surface area contributed by atoms with Crippen molar-refractivity contribution in [2.75, 3.05) is 0 Å². The van der Waals surface area contributed by atoms with E-state index < -0.39 is 17.9 Å². The molecular weight excluding hydrogens is 322 g/mol. The maximum atomic E-state index is 12.5. The van der Waals surface area contributed by atoms with Gasteiger partial charge >= 0.3 is 0 Å². The normalized spacial score (nSPS) is 19.8. The number of hydrogen-bond donors (Lipinski definition) is 0. The Hall–Kier alpha value is -1.60. The summed E-state index contributed by atoms with van der Waals surface area (Å²) in [6.07, 6.45) is 2.18. The lowest BCUT2D eigenvalue weighted by atomic mass is 9.98. The van der Waals surface area contributed by atoms with E-state index in [-0.39, 0.29) is 10.2 Å². The lowest BCUT2D eigenvalue weighted by molar-refractivity contribution is -0.311. The topological polar surface area (TPSA) is 73.6 Å². The van der Waals surface area contributed by atoms with E-state index in [0.717, 1.165) is 22.4 Å². The van der Waals surface area contributed by atoms with Gasteiger partial charge in [-0.3, -0.25) is 9.69 Å². The van der Waals surface area contributed by atoms with Gasteiger partial charge in [0.25, 0.3) is 5.91 Å². The molecule has 1 saturated heterocycles. The van der Waals surface area contributed by atoms with Crippen molar-refractivity contribution in [3.05, 3.63) is 28.6 Å². The van der Waals surface area contributed by atoms with Crippen molar-refractivity contribution in [3.63, 3.8) is 0 Å². The molecule has 1 fully saturated rings. The predicted molar refractivity (Wildman–Crippen MR) is 86.7 cm³/mol. The minimum absolute atomic E-state index is 0.231. The van der Waals surface area contributed by atoms with Crippen LogP contribution in [0.4, 0.5) is 0 Å². The highest BCUT2D eigenvalue weighted by Gasteiger charge is 2.39. The van der Waals surface area contributed by atoms with Gasteiger partial charge in [0.15, 0.2) is 0 Å². The third-order valence-electron chi connectivity index (χ3n) is 3.56. The predicted octanol–water partition coefficient (Wildman–Crippen LogP) is 1.95. The Labute approximate surface area is 138 Å². The summed E-state index contributed by atoms with van der Waals surface area (Å²) < 4.78 is 5.64. The number of hydrogen-bond acceptors (Lipinski definition) is 6. The Kier molecular flexibility index (Phi) is 5.08. The molecule has 0 spiro atoms. The van der Waals surface area contributed by atoms with E-state index in [1.165, 1.54) is 0 Å². The fourth-order valence-corrected chi connectivity index (χ4v) is 3.50. The molecule has 0 saturated carbocycles. The summed E-state index contributed by atoms with van der Waals surface area (Å²) in [5.41, 5.74) is 0. The molecule has 1 amide bonds. The van der Waals surface area contributed by atoms with Crippen LogP contribution in [0.3, 0.4) is 0 Å². The molecule has 7 heteroatoms. The van der Waals surface area contributed by atoms with E-state index in [0.29, 0.717) is 17.1 Å². The van der Waals surface area contributed by atoms with E-state index in [4.69, 9.17) is 16.6 Å². The van der Waals surface area contributed by atoms with Crippen LogP contribution in [0.2, 0.25) is 0 Å². The Balaban J connectivity index is 2.32. The summed E-state index contributed by atoms with van der Waals surface area (Å²) in [6, 6.07) is 2.48. The Morgan fingerprint density at radius 1 is 1.55 bits per heavy atom. The molecule has 2 heterocycles. The van der Waals surface area contributed by atoms with Crippen LogP contribution in [0.15, 0.2) is 21.5 Å². The molecular formula is C15H16NO4S2-. The van der Waals surface area contributed by atoms with Crippen LogP contribution in [0.1, 0.15) is 31.8 Å². The molecule has 0 unspecified atom stereocenters. The summed E-state index contributed by atoms with van der Waals surface area (Å²) in [5.74, 6) is -0.697. The van der Waals surface area contributed by atoms with E-state index in [2.05, 4.69) is 0 Å². The Morgan fingerprint density at radius 3 is 2.73 bits per heavy atom. The van der Waals surface area contributed by atoms with Crippen molar-refractivity contribution in [2.45, 2.75) is 33.2 Å². The van der Waals surface area contributed by atoms with E-state index in [1.54, 1.807) is 32.1 Å². The smallest absolute Gasteiger partial charge is 0.266 e. The molecule has 2 atom stereocenters. The van der Waals surface area contributed by atoms with Crippen LogP contribution in [-0.2, 0) is 9.59 Å². The molecule has 2 rings (SSSR count). The molecule has 0 aromatic carbocycles. The number of aryl methyl sites for hydroxylation is 1. The van der Waals surface area contributed by atoms with Crippen molar-refractivity contribution in [2.24, 2.45) is 5.92 Å². The molecule has 5 nitrogen and oxygen atoms in total. The van der Waals surface area contributed by atoms with Gasteiger partial charge in [0.05, 0.1) is 16.9 Å². The monoisotopic (exact) mass is 338 g/mol. The Morgan fingerprint density at radius 2 is 2.23 bits per heavy atom. The van der Waals surface area contributed by atoms with E-state index in [9.17, 15) is 14.7 Å². The summed E-state index contributed by atoms with van der Waals surface area (Å²) in [7, 11) is 0. The second kappa shape index (κ2) is 6.66. The lowest BCUT2D eigenvalue weighted by Gasteiger charge is -2.32. The number of carboxylic acids is 1. The molecule has 1 aromatic heterocycles. The number of amides is 1. The standard InChI is InChI=1S/C15H17NO4S2/c1-4-8(2)12(14(18)19)16-13(17)11(22-15(16)21)7-10-6-5-9(3)20-10/h5-8,12H,4H2,1-3H3,(H,18,19)/p-1/b11-7+/t8-,12-/m1/s1. The van der Waals surface area contributed by atoms with Crippen molar-refractivity contribution in [1.29, 1.82) is 0 Å². The number of carboxylic acid groups (broad SMARTS) is 1. The molecule has 1 aromatic rings. The first-order valence-corrected chi connectivity index (χ1v) is 8.12. The first-order valence-electron chi connectivity index (χ1n) is 6.89. The van der Waals surface area contributed by atoms with Gasteiger partial charge < -0.3 is 14.3 Å². The van der Waals surface area contributed by atoms with Gasteiger partial charge in [-0.25, -0.2) is 0 Å². The molecule has 1 aliphatic heterocycles. The molecule has 0 radical (unpaired) electrons. The minimum Gasteiger partial charge on any atom is -0.548 e. The first kappa shape index (κ1) is 16.8. The maximum absolute atomic E-state index is 12.5. The van der Waals surface area contributed by atoms with Gasteiger partial charge in [-0.05, 0) is 25.0 Å². The number of thioether (sulfide) groups is 1. The second-order valence-electron chi connectivity index (χ2n) is 5.15. The number of carbonyl (C=O) groups is 2. The van der Waals surface area contributed by atoms with E-state index in [1.807, 2.05) is 6.92 Å². The summed E-state index contributed by atoms with van der Waals surface area (Å²) >= 11 is 6.26. The average Bonchev–Trinajstić information content (AvgIpc) is 2.97. The zero-order valence-electron chi connectivity index (χ0n) is 12.5. The minimum atomic E-state index is -1.29. The number of aliphatic carboxylic acids is 1. The highest BCUT2D eigenvalue weighted by atomic mass is 32.2. The number of thiocarbonyl (C=S) groups is 1. The lowest BCUT2D eigenvalue weighted by Crippen LogP contribution is -2.53. The average molecular weight is 338 g/mol. The van der Waals surface area contributed by atoms with Crippen molar-refractivity contribution in [3.8, 4) is 0 Å². The summed E-state index contributed by atoms with van der Waals surface area (Å²) in [6.45, 7) is 5.43. The van der Waals surface area contributed by atoms with Crippen LogP contribution in [0, 0.1) is 12.8 Å². The third-order valence-corrected chi connectivity index (χ3v) is 4.89. The van der Waals surface area contributed by atoms with Crippen LogP contribution in [0.5, 0.6) is 0 Å². The number of carbonyl (C=O) groups excluding carboxylic acids is 2. The van der Waals surface area contributed by atoms with Gasteiger partial charge in [-0.15, -0.1) is 0 Å². The number of furan rings is 1. The first-order chi connectivity index (χ1) is 10.3. The fourth-order valence-electron chi connectivity index (χ4n) is 2.20. The van der Waals surface area contributed by atoms with E-state index >= 15 is 0 Å². The largest absolute Gasteiger partial charge is 0.548 e. The molecule has 0 bridgehead atoms. The van der Waals surface area contributed by atoms with Crippen LogP contribution >= 0.6 is 24.0 Å². The molecule has 22 heavy (non-hydrogen) atoms.